The number of ether oxygens (including phenoxy) is 1. The summed E-state index contributed by atoms with van der Waals surface area (Å²) in [6, 6.07) is 15.5. The van der Waals surface area contributed by atoms with Crippen molar-refractivity contribution in [1.82, 2.24) is 10.2 Å². The fraction of sp³-hybridized carbons (Fsp3) is 0.250. The molecule has 0 aliphatic carbocycles. The molecule has 1 atom stereocenters. The van der Waals surface area contributed by atoms with Crippen LogP contribution >= 0.6 is 23.1 Å². The molecule has 2 N–H and O–H groups in total. The van der Waals surface area contributed by atoms with Crippen molar-refractivity contribution in [3.05, 3.63) is 54.1 Å². The molecule has 146 valence electrons. The molecular formula is C20H22N4O2S2. The fourth-order valence-corrected chi connectivity index (χ4v) is 4.32. The standard InChI is InChI=1S/C20H22N4O2S2/c1-4-14-8-10-15(11-9-14)22-19-23-24-20(28-19)27-13(2)18(25)21-16-6-5-7-17(12-16)26-3/h5-13H,4H2,1-3H3,(H,21,25)(H,22,23)/t13-/m1/s1. The smallest absolute Gasteiger partial charge is 0.237 e. The highest BCUT2D eigenvalue weighted by Gasteiger charge is 2.17. The maximum atomic E-state index is 12.4. The average molecular weight is 415 g/mol. The predicted octanol–water partition coefficient (Wildman–Crippen LogP) is 4.97. The van der Waals surface area contributed by atoms with E-state index in [1.54, 1.807) is 13.2 Å². The maximum Gasteiger partial charge on any atom is 0.237 e. The summed E-state index contributed by atoms with van der Waals surface area (Å²) < 4.78 is 5.91. The van der Waals surface area contributed by atoms with Gasteiger partial charge in [-0.2, -0.15) is 0 Å². The molecule has 1 amide bonds. The van der Waals surface area contributed by atoms with Crippen LogP contribution < -0.4 is 15.4 Å². The van der Waals surface area contributed by atoms with Crippen molar-refractivity contribution in [2.45, 2.75) is 29.9 Å². The number of nitrogens with zero attached hydrogens (tertiary/aromatic N) is 2. The van der Waals surface area contributed by atoms with E-state index in [9.17, 15) is 4.79 Å². The van der Waals surface area contributed by atoms with E-state index in [0.717, 1.165) is 16.4 Å². The molecule has 0 spiro atoms. The Balaban J connectivity index is 1.56. The van der Waals surface area contributed by atoms with Crippen LogP contribution in [0, 0.1) is 0 Å². The Morgan fingerprint density at radius 2 is 1.96 bits per heavy atom. The normalized spacial score (nSPS) is 11.7. The molecule has 1 heterocycles. The first-order valence-electron chi connectivity index (χ1n) is 8.88. The van der Waals surface area contributed by atoms with E-state index < -0.39 is 0 Å². The largest absolute Gasteiger partial charge is 0.497 e. The van der Waals surface area contributed by atoms with Gasteiger partial charge in [0.15, 0.2) is 4.34 Å². The molecule has 0 aliphatic heterocycles. The second-order valence-electron chi connectivity index (χ2n) is 6.03. The minimum Gasteiger partial charge on any atom is -0.497 e. The summed E-state index contributed by atoms with van der Waals surface area (Å²) in [5.41, 5.74) is 2.95. The fourth-order valence-electron chi connectivity index (χ4n) is 2.40. The lowest BCUT2D eigenvalue weighted by Crippen LogP contribution is -2.22. The van der Waals surface area contributed by atoms with Crippen LogP contribution in [0.25, 0.3) is 0 Å². The number of nitrogens with one attached hydrogen (secondary N) is 2. The lowest BCUT2D eigenvalue weighted by molar-refractivity contribution is -0.115. The minimum absolute atomic E-state index is 0.0990. The van der Waals surface area contributed by atoms with Crippen molar-refractivity contribution in [1.29, 1.82) is 0 Å². The number of benzene rings is 2. The number of hydrogen-bond acceptors (Lipinski definition) is 7. The van der Waals surface area contributed by atoms with Crippen molar-refractivity contribution >= 4 is 45.5 Å². The Labute approximate surface area is 172 Å². The number of anilines is 3. The summed E-state index contributed by atoms with van der Waals surface area (Å²) in [7, 11) is 1.60. The molecule has 3 aromatic rings. The van der Waals surface area contributed by atoms with E-state index >= 15 is 0 Å². The number of carbonyl (C=O) groups is 1. The van der Waals surface area contributed by atoms with Gasteiger partial charge in [0.2, 0.25) is 11.0 Å². The van der Waals surface area contributed by atoms with Gasteiger partial charge >= 0.3 is 0 Å². The van der Waals surface area contributed by atoms with Crippen LogP contribution in [0.2, 0.25) is 0 Å². The summed E-state index contributed by atoms with van der Waals surface area (Å²) in [5.74, 6) is 0.600. The first kappa shape index (κ1) is 20.2. The van der Waals surface area contributed by atoms with Gasteiger partial charge in [-0.1, -0.05) is 48.2 Å². The zero-order chi connectivity index (χ0) is 19.9. The van der Waals surface area contributed by atoms with Crippen LogP contribution in [0.3, 0.4) is 0 Å². The predicted molar refractivity (Wildman–Crippen MR) is 116 cm³/mol. The number of aryl methyl sites for hydroxylation is 1. The summed E-state index contributed by atoms with van der Waals surface area (Å²) in [6.07, 6.45) is 1.01. The molecule has 3 rings (SSSR count). The van der Waals surface area contributed by atoms with Crippen LogP contribution in [0.5, 0.6) is 5.75 Å². The van der Waals surface area contributed by atoms with Crippen LogP contribution in [-0.2, 0) is 11.2 Å². The number of aromatic nitrogens is 2. The van der Waals surface area contributed by atoms with E-state index in [1.165, 1.54) is 28.7 Å². The first-order chi connectivity index (χ1) is 13.6. The minimum atomic E-state index is -0.309. The van der Waals surface area contributed by atoms with Gasteiger partial charge in [-0.3, -0.25) is 4.79 Å². The number of thioether (sulfide) groups is 1. The van der Waals surface area contributed by atoms with E-state index in [0.29, 0.717) is 16.6 Å². The number of carbonyl (C=O) groups excluding carboxylic acids is 1. The van der Waals surface area contributed by atoms with E-state index in [2.05, 4.69) is 39.9 Å². The third kappa shape index (κ3) is 5.46. The van der Waals surface area contributed by atoms with E-state index in [1.807, 2.05) is 37.3 Å². The van der Waals surface area contributed by atoms with Crippen LogP contribution in [0.4, 0.5) is 16.5 Å². The van der Waals surface area contributed by atoms with E-state index in [-0.39, 0.29) is 11.2 Å². The Morgan fingerprint density at radius 1 is 1.18 bits per heavy atom. The summed E-state index contributed by atoms with van der Waals surface area (Å²) in [5, 5.41) is 14.9. The van der Waals surface area contributed by atoms with Gasteiger partial charge in [0, 0.05) is 17.4 Å². The monoisotopic (exact) mass is 414 g/mol. The number of methoxy groups -OCH3 is 1. The molecule has 0 bridgehead atoms. The van der Waals surface area contributed by atoms with Crippen molar-refractivity contribution in [3.8, 4) is 5.75 Å². The van der Waals surface area contributed by atoms with Gasteiger partial charge in [-0.25, -0.2) is 0 Å². The molecule has 28 heavy (non-hydrogen) atoms. The molecule has 0 saturated carbocycles. The van der Waals surface area contributed by atoms with Gasteiger partial charge in [0.25, 0.3) is 0 Å². The molecule has 1 aromatic heterocycles. The number of amides is 1. The van der Waals surface area contributed by atoms with Gasteiger partial charge < -0.3 is 15.4 Å². The van der Waals surface area contributed by atoms with Gasteiger partial charge in [0.05, 0.1) is 12.4 Å². The average Bonchev–Trinajstić information content (AvgIpc) is 3.15. The topological polar surface area (TPSA) is 76.1 Å². The molecule has 0 unspecified atom stereocenters. The van der Waals surface area contributed by atoms with Crippen molar-refractivity contribution in [3.63, 3.8) is 0 Å². The molecule has 6 nitrogen and oxygen atoms in total. The maximum absolute atomic E-state index is 12.4. The molecule has 0 saturated heterocycles. The molecule has 8 heteroatoms. The summed E-state index contributed by atoms with van der Waals surface area (Å²) in [4.78, 5) is 12.4. The second-order valence-corrected chi connectivity index (χ2v) is 8.60. The molecule has 0 fully saturated rings. The van der Waals surface area contributed by atoms with Crippen molar-refractivity contribution in [2.24, 2.45) is 0 Å². The van der Waals surface area contributed by atoms with Crippen LogP contribution in [0.1, 0.15) is 19.4 Å². The van der Waals surface area contributed by atoms with Crippen molar-refractivity contribution < 1.29 is 9.53 Å². The summed E-state index contributed by atoms with van der Waals surface area (Å²) in [6.45, 7) is 3.97. The second kappa shape index (κ2) is 9.57. The quantitative estimate of drug-likeness (QED) is 0.507. The van der Waals surface area contributed by atoms with Gasteiger partial charge in [0.1, 0.15) is 5.75 Å². The van der Waals surface area contributed by atoms with E-state index in [4.69, 9.17) is 4.74 Å². The van der Waals surface area contributed by atoms with Crippen LogP contribution in [0.15, 0.2) is 52.9 Å². The zero-order valence-corrected chi connectivity index (χ0v) is 17.6. The highest BCUT2D eigenvalue weighted by molar-refractivity contribution is 8.02. The lowest BCUT2D eigenvalue weighted by atomic mass is 10.1. The summed E-state index contributed by atoms with van der Waals surface area (Å²) >= 11 is 2.81. The zero-order valence-electron chi connectivity index (χ0n) is 15.9. The lowest BCUT2D eigenvalue weighted by Gasteiger charge is -2.11. The Kier molecular flexibility index (Phi) is 6.89. The highest BCUT2D eigenvalue weighted by Crippen LogP contribution is 2.31. The van der Waals surface area contributed by atoms with Gasteiger partial charge in [-0.15, -0.1) is 10.2 Å². The molecule has 0 aliphatic rings. The van der Waals surface area contributed by atoms with Crippen molar-refractivity contribution in [2.75, 3.05) is 17.7 Å². The molecule has 0 radical (unpaired) electrons. The molecular weight excluding hydrogens is 392 g/mol. The molecule has 2 aromatic carbocycles. The number of hydrogen-bond donors (Lipinski definition) is 2. The highest BCUT2D eigenvalue weighted by atomic mass is 32.2. The Hall–Kier alpha value is -2.58. The Bertz CT molecular complexity index is 928. The third-order valence-corrected chi connectivity index (χ3v) is 6.03. The third-order valence-electron chi connectivity index (χ3n) is 4.00. The van der Waals surface area contributed by atoms with Gasteiger partial charge in [-0.05, 0) is 43.2 Å². The van der Waals surface area contributed by atoms with Crippen LogP contribution in [-0.4, -0.2) is 28.5 Å². The number of rotatable bonds is 8. The first-order valence-corrected chi connectivity index (χ1v) is 10.6. The Morgan fingerprint density at radius 3 is 2.68 bits per heavy atom. The SMILES string of the molecule is CCc1ccc(Nc2nnc(S[C@H](C)C(=O)Nc3cccc(OC)c3)s2)cc1.